The second-order valence-corrected chi connectivity index (χ2v) is 3.92. The highest BCUT2D eigenvalue weighted by molar-refractivity contribution is 5.40. The number of hydrogen-bond donors (Lipinski definition) is 3. The standard InChI is InChI=1S/C11H15FN2O2/c12-11-8(9(15)1-2-10(11)16)7-14-5-3-13-4-6-14/h1-2,13,15-16H,3-7H2. The lowest BCUT2D eigenvalue weighted by Crippen LogP contribution is -2.43. The van der Waals surface area contributed by atoms with Crippen molar-refractivity contribution in [2.75, 3.05) is 26.2 Å². The zero-order valence-electron chi connectivity index (χ0n) is 8.91. The quantitative estimate of drug-likeness (QED) is 0.648. The van der Waals surface area contributed by atoms with Gasteiger partial charge in [0.15, 0.2) is 11.6 Å². The van der Waals surface area contributed by atoms with E-state index in [1.165, 1.54) is 6.07 Å². The van der Waals surface area contributed by atoms with Crippen molar-refractivity contribution >= 4 is 0 Å². The minimum Gasteiger partial charge on any atom is -0.508 e. The molecule has 3 N–H and O–H groups in total. The van der Waals surface area contributed by atoms with Crippen LogP contribution >= 0.6 is 0 Å². The van der Waals surface area contributed by atoms with Gasteiger partial charge in [0.25, 0.3) is 0 Å². The summed E-state index contributed by atoms with van der Waals surface area (Å²) in [6.45, 7) is 3.68. The molecule has 1 aromatic carbocycles. The smallest absolute Gasteiger partial charge is 0.172 e. The van der Waals surface area contributed by atoms with Crippen molar-refractivity contribution in [3.05, 3.63) is 23.5 Å². The van der Waals surface area contributed by atoms with Crippen LogP contribution in [0.15, 0.2) is 12.1 Å². The topological polar surface area (TPSA) is 55.7 Å². The molecule has 0 saturated carbocycles. The molecule has 0 amide bonds. The third-order valence-corrected chi connectivity index (χ3v) is 2.79. The average Bonchev–Trinajstić information content (AvgIpc) is 2.31. The lowest BCUT2D eigenvalue weighted by molar-refractivity contribution is 0.226. The maximum atomic E-state index is 13.6. The molecule has 0 spiro atoms. The van der Waals surface area contributed by atoms with E-state index in [4.69, 9.17) is 0 Å². The Morgan fingerprint density at radius 1 is 1.19 bits per heavy atom. The predicted octanol–water partition coefficient (Wildman–Crippen LogP) is 0.642. The Bertz CT molecular complexity index is 378. The molecule has 2 rings (SSSR count). The van der Waals surface area contributed by atoms with Gasteiger partial charge in [-0.1, -0.05) is 0 Å². The fourth-order valence-electron chi connectivity index (χ4n) is 1.84. The normalized spacial score (nSPS) is 17.6. The summed E-state index contributed by atoms with van der Waals surface area (Å²) in [6.07, 6.45) is 0. The van der Waals surface area contributed by atoms with Crippen LogP contribution in [-0.4, -0.2) is 41.3 Å². The van der Waals surface area contributed by atoms with Crippen LogP contribution in [0.2, 0.25) is 0 Å². The van der Waals surface area contributed by atoms with Crippen LogP contribution < -0.4 is 5.32 Å². The van der Waals surface area contributed by atoms with E-state index >= 15 is 0 Å². The van der Waals surface area contributed by atoms with E-state index in [-0.39, 0.29) is 11.3 Å². The van der Waals surface area contributed by atoms with Crippen LogP contribution in [0.4, 0.5) is 4.39 Å². The van der Waals surface area contributed by atoms with Crippen molar-refractivity contribution in [2.45, 2.75) is 6.54 Å². The van der Waals surface area contributed by atoms with Crippen LogP contribution in [0.5, 0.6) is 11.5 Å². The highest BCUT2D eigenvalue weighted by Crippen LogP contribution is 2.28. The highest BCUT2D eigenvalue weighted by Gasteiger charge is 2.17. The number of piperazine rings is 1. The Morgan fingerprint density at radius 2 is 1.81 bits per heavy atom. The molecule has 4 nitrogen and oxygen atoms in total. The zero-order chi connectivity index (χ0) is 11.5. The van der Waals surface area contributed by atoms with Gasteiger partial charge in [0.05, 0.1) is 0 Å². The first kappa shape index (κ1) is 11.2. The van der Waals surface area contributed by atoms with Crippen molar-refractivity contribution in [2.24, 2.45) is 0 Å². The number of benzene rings is 1. The Hall–Kier alpha value is -1.33. The molecule has 16 heavy (non-hydrogen) atoms. The molecule has 88 valence electrons. The van der Waals surface area contributed by atoms with E-state index in [0.29, 0.717) is 6.54 Å². The van der Waals surface area contributed by atoms with Crippen LogP contribution in [0.1, 0.15) is 5.56 Å². The monoisotopic (exact) mass is 226 g/mol. The number of phenolic OH excluding ortho intramolecular Hbond substituents is 2. The molecule has 0 atom stereocenters. The molecule has 1 aliphatic rings. The summed E-state index contributed by atoms with van der Waals surface area (Å²) in [5, 5.41) is 22.0. The van der Waals surface area contributed by atoms with Gasteiger partial charge in [-0.15, -0.1) is 0 Å². The number of rotatable bonds is 2. The molecule has 0 aromatic heterocycles. The number of aromatic hydroxyl groups is 2. The van der Waals surface area contributed by atoms with Gasteiger partial charge in [-0.3, -0.25) is 4.90 Å². The second kappa shape index (κ2) is 4.67. The van der Waals surface area contributed by atoms with Crippen LogP contribution in [0.3, 0.4) is 0 Å². The van der Waals surface area contributed by atoms with Gasteiger partial charge in [-0.2, -0.15) is 0 Å². The number of phenols is 2. The minimum atomic E-state index is -0.724. The molecule has 1 heterocycles. The molecule has 0 radical (unpaired) electrons. The molecule has 1 aliphatic heterocycles. The van der Waals surface area contributed by atoms with E-state index in [1.54, 1.807) is 0 Å². The summed E-state index contributed by atoms with van der Waals surface area (Å²) in [5.41, 5.74) is 0.168. The molecule has 0 unspecified atom stereocenters. The third kappa shape index (κ3) is 2.25. The van der Waals surface area contributed by atoms with E-state index in [2.05, 4.69) is 5.32 Å². The number of nitrogens with one attached hydrogen (secondary N) is 1. The zero-order valence-corrected chi connectivity index (χ0v) is 8.91. The summed E-state index contributed by atoms with van der Waals surface area (Å²) in [6, 6.07) is 2.47. The van der Waals surface area contributed by atoms with Gasteiger partial charge in [-0.25, -0.2) is 4.39 Å². The maximum absolute atomic E-state index is 13.6. The predicted molar refractivity (Wildman–Crippen MR) is 57.9 cm³/mol. The summed E-state index contributed by atoms with van der Waals surface area (Å²) in [7, 11) is 0. The Kier molecular flexibility index (Phi) is 3.26. The van der Waals surface area contributed by atoms with Crippen molar-refractivity contribution in [1.82, 2.24) is 10.2 Å². The Labute approximate surface area is 93.3 Å². The lowest BCUT2D eigenvalue weighted by atomic mass is 10.1. The fourth-order valence-corrected chi connectivity index (χ4v) is 1.84. The number of nitrogens with zero attached hydrogens (tertiary/aromatic N) is 1. The lowest BCUT2D eigenvalue weighted by Gasteiger charge is -2.27. The molecular formula is C11H15FN2O2. The largest absolute Gasteiger partial charge is 0.508 e. The van der Waals surface area contributed by atoms with Crippen molar-refractivity contribution in [3.63, 3.8) is 0 Å². The molecule has 1 fully saturated rings. The maximum Gasteiger partial charge on any atom is 0.172 e. The molecular weight excluding hydrogens is 211 g/mol. The van der Waals surface area contributed by atoms with Crippen molar-refractivity contribution in [1.29, 1.82) is 0 Å². The minimum absolute atomic E-state index is 0.103. The molecule has 1 aromatic rings. The first-order valence-electron chi connectivity index (χ1n) is 5.31. The Morgan fingerprint density at radius 3 is 2.50 bits per heavy atom. The summed E-state index contributed by atoms with van der Waals surface area (Å²) < 4.78 is 13.6. The van der Waals surface area contributed by atoms with Crippen LogP contribution in [-0.2, 0) is 6.54 Å². The molecule has 1 saturated heterocycles. The highest BCUT2D eigenvalue weighted by atomic mass is 19.1. The van der Waals surface area contributed by atoms with Gasteiger partial charge in [0.2, 0.25) is 0 Å². The molecule has 5 heteroatoms. The van der Waals surface area contributed by atoms with Gasteiger partial charge in [-0.05, 0) is 12.1 Å². The average molecular weight is 226 g/mol. The summed E-state index contributed by atoms with van der Waals surface area (Å²) >= 11 is 0. The van der Waals surface area contributed by atoms with Gasteiger partial charge in [0, 0.05) is 38.3 Å². The van der Waals surface area contributed by atoms with E-state index in [1.807, 2.05) is 4.90 Å². The second-order valence-electron chi connectivity index (χ2n) is 3.92. The summed E-state index contributed by atoms with van der Waals surface area (Å²) in [4.78, 5) is 2.04. The number of halogens is 1. The molecule has 0 aliphatic carbocycles. The van der Waals surface area contributed by atoms with Crippen LogP contribution in [0.25, 0.3) is 0 Å². The van der Waals surface area contributed by atoms with E-state index in [0.717, 1.165) is 32.2 Å². The van der Waals surface area contributed by atoms with Gasteiger partial charge < -0.3 is 15.5 Å². The SMILES string of the molecule is Oc1ccc(O)c(CN2CCNCC2)c1F. The van der Waals surface area contributed by atoms with Crippen molar-refractivity contribution in [3.8, 4) is 11.5 Å². The van der Waals surface area contributed by atoms with Crippen molar-refractivity contribution < 1.29 is 14.6 Å². The van der Waals surface area contributed by atoms with E-state index < -0.39 is 11.6 Å². The third-order valence-electron chi connectivity index (χ3n) is 2.79. The summed E-state index contributed by atoms with van der Waals surface area (Å²) in [5.74, 6) is -1.24. The van der Waals surface area contributed by atoms with Crippen LogP contribution in [0, 0.1) is 5.82 Å². The first-order chi connectivity index (χ1) is 7.68. The van der Waals surface area contributed by atoms with Gasteiger partial charge >= 0.3 is 0 Å². The fraction of sp³-hybridized carbons (Fsp3) is 0.455. The Balaban J connectivity index is 2.16. The van der Waals surface area contributed by atoms with E-state index in [9.17, 15) is 14.6 Å². The molecule has 0 bridgehead atoms. The number of hydrogen-bond acceptors (Lipinski definition) is 4. The first-order valence-corrected chi connectivity index (χ1v) is 5.31. The van der Waals surface area contributed by atoms with Gasteiger partial charge in [0.1, 0.15) is 5.75 Å².